The van der Waals surface area contributed by atoms with Gasteiger partial charge in [0.25, 0.3) is 0 Å². The van der Waals surface area contributed by atoms with Crippen LogP contribution >= 0.6 is 0 Å². The van der Waals surface area contributed by atoms with Crippen molar-refractivity contribution in [2.24, 2.45) is 0 Å². The third kappa shape index (κ3) is 10.3. The Morgan fingerprint density at radius 3 is 2.62 bits per heavy atom. The van der Waals surface area contributed by atoms with Gasteiger partial charge >= 0.3 is 12.1 Å². The number of amides is 1. The second-order valence-corrected chi connectivity index (χ2v) is 9.20. The highest BCUT2D eigenvalue weighted by Gasteiger charge is 2.22. The van der Waals surface area contributed by atoms with Gasteiger partial charge in [0.05, 0.1) is 0 Å². The van der Waals surface area contributed by atoms with Gasteiger partial charge < -0.3 is 25.4 Å². The number of alkyl halides is 2. The van der Waals surface area contributed by atoms with Crippen molar-refractivity contribution in [3.63, 3.8) is 0 Å². The highest BCUT2D eigenvalue weighted by molar-refractivity contribution is 5.79. The lowest BCUT2D eigenvalue weighted by Gasteiger charge is -2.24. The molecule has 1 aromatic heterocycles. The molecule has 1 aromatic carbocycles. The molecule has 3 rings (SSSR count). The number of pyridine rings is 1. The van der Waals surface area contributed by atoms with Gasteiger partial charge in [-0.1, -0.05) is 36.4 Å². The van der Waals surface area contributed by atoms with E-state index in [-0.39, 0.29) is 32.5 Å². The first kappa shape index (κ1) is 28.3. The van der Waals surface area contributed by atoms with Crippen LogP contribution in [0.2, 0.25) is 0 Å². The average Bonchev–Trinajstić information content (AvgIpc) is 2.90. The van der Waals surface area contributed by atoms with Gasteiger partial charge in [0, 0.05) is 31.7 Å². The number of anilines is 1. The number of ether oxygens (including phenoxy) is 1. The first-order valence-electron chi connectivity index (χ1n) is 12.8. The van der Waals surface area contributed by atoms with E-state index in [1.165, 1.54) is 5.56 Å². The molecule has 8 nitrogen and oxygen atoms in total. The second-order valence-electron chi connectivity index (χ2n) is 9.20. The molecule has 1 unspecified atom stereocenters. The molecular weight excluding hydrogens is 482 g/mol. The molecular formula is C27H36F2N4O4. The maximum atomic E-state index is 12.9. The summed E-state index contributed by atoms with van der Waals surface area (Å²) in [4.78, 5) is 30.3. The van der Waals surface area contributed by atoms with Gasteiger partial charge in [-0.25, -0.2) is 23.4 Å². The van der Waals surface area contributed by atoms with Crippen molar-refractivity contribution in [3.05, 3.63) is 59.3 Å². The Balaban J connectivity index is 1.44. The van der Waals surface area contributed by atoms with Crippen LogP contribution in [-0.4, -0.2) is 65.7 Å². The average molecular weight is 519 g/mol. The molecule has 0 fully saturated rings. The number of hydrogen-bond acceptors (Lipinski definition) is 6. The largest absolute Gasteiger partial charge is 0.480 e. The van der Waals surface area contributed by atoms with Gasteiger partial charge in [0.15, 0.2) is 0 Å². The molecule has 10 heteroatoms. The quantitative estimate of drug-likeness (QED) is 0.299. The number of unbranched alkanes of at least 4 members (excludes halogenated alkanes) is 1. The van der Waals surface area contributed by atoms with E-state index in [1.807, 2.05) is 29.2 Å². The van der Waals surface area contributed by atoms with Crippen LogP contribution in [0.15, 0.2) is 42.5 Å². The first-order valence-corrected chi connectivity index (χ1v) is 12.8. The minimum absolute atomic E-state index is 0.0225. The number of halogens is 2. The number of alkyl carbamates (subject to hydrolysis) is 1. The summed E-state index contributed by atoms with van der Waals surface area (Å²) in [6.45, 7) is 1.93. The van der Waals surface area contributed by atoms with Crippen molar-refractivity contribution in [1.29, 1.82) is 0 Å². The summed E-state index contributed by atoms with van der Waals surface area (Å²) in [5, 5.41) is 15.2. The number of rotatable bonds is 15. The number of hydrogen-bond donors (Lipinski definition) is 3. The molecule has 37 heavy (non-hydrogen) atoms. The maximum Gasteiger partial charge on any atom is 0.408 e. The molecule has 0 spiro atoms. The fourth-order valence-electron chi connectivity index (χ4n) is 4.24. The van der Waals surface area contributed by atoms with Gasteiger partial charge in [0.2, 0.25) is 6.43 Å². The minimum atomic E-state index is -2.43. The number of carboxylic acids is 1. The molecule has 1 aliphatic rings. The molecule has 2 heterocycles. The van der Waals surface area contributed by atoms with E-state index < -0.39 is 24.5 Å². The zero-order valence-corrected chi connectivity index (χ0v) is 21.0. The SMILES string of the molecule is O=C(NC(CCN(CCCCc1ccc2c(n1)NCCC2)CCC(F)F)C(=O)O)OCc1ccccc1. The Morgan fingerprint density at radius 1 is 1.08 bits per heavy atom. The number of carbonyl (C=O) groups excluding carboxylic acids is 1. The summed E-state index contributed by atoms with van der Waals surface area (Å²) in [7, 11) is 0. The van der Waals surface area contributed by atoms with Gasteiger partial charge in [-0.15, -0.1) is 0 Å². The molecule has 0 bridgehead atoms. The summed E-state index contributed by atoms with van der Waals surface area (Å²) in [5.41, 5.74) is 3.01. The van der Waals surface area contributed by atoms with Crippen molar-refractivity contribution < 1.29 is 28.2 Å². The van der Waals surface area contributed by atoms with Crippen LogP contribution in [0, 0.1) is 0 Å². The highest BCUT2D eigenvalue weighted by Crippen LogP contribution is 2.20. The summed E-state index contributed by atoms with van der Waals surface area (Å²) in [6, 6.07) is 12.0. The lowest BCUT2D eigenvalue weighted by atomic mass is 10.1. The van der Waals surface area contributed by atoms with E-state index in [4.69, 9.17) is 4.74 Å². The van der Waals surface area contributed by atoms with Crippen molar-refractivity contribution in [2.45, 2.75) is 64.0 Å². The van der Waals surface area contributed by atoms with Crippen LogP contribution in [-0.2, 0) is 29.0 Å². The lowest BCUT2D eigenvalue weighted by Crippen LogP contribution is -2.43. The van der Waals surface area contributed by atoms with Crippen LogP contribution in [0.4, 0.5) is 19.4 Å². The fraction of sp³-hybridized carbons (Fsp3) is 0.519. The minimum Gasteiger partial charge on any atom is -0.480 e. The highest BCUT2D eigenvalue weighted by atomic mass is 19.3. The maximum absolute atomic E-state index is 12.9. The van der Waals surface area contributed by atoms with E-state index in [2.05, 4.69) is 21.7 Å². The van der Waals surface area contributed by atoms with Gasteiger partial charge in [-0.3, -0.25) is 0 Å². The normalized spacial score (nSPS) is 13.6. The molecule has 202 valence electrons. The Kier molecular flexibility index (Phi) is 11.5. The number of benzene rings is 1. The Morgan fingerprint density at radius 2 is 1.86 bits per heavy atom. The summed E-state index contributed by atoms with van der Waals surface area (Å²) in [6.07, 6.45) is 1.05. The smallest absolute Gasteiger partial charge is 0.408 e. The van der Waals surface area contributed by atoms with Crippen LogP contribution in [0.25, 0.3) is 0 Å². The molecule has 1 atom stereocenters. The zero-order chi connectivity index (χ0) is 26.5. The lowest BCUT2D eigenvalue weighted by molar-refractivity contribution is -0.139. The number of carbonyl (C=O) groups is 2. The van der Waals surface area contributed by atoms with E-state index in [0.29, 0.717) is 6.54 Å². The molecule has 2 aromatic rings. The van der Waals surface area contributed by atoms with Crippen molar-refractivity contribution in [3.8, 4) is 0 Å². The number of carboxylic acid groups (broad SMARTS) is 1. The summed E-state index contributed by atoms with van der Waals surface area (Å²) in [5.74, 6) is -0.241. The Hall–Kier alpha value is -3.27. The molecule has 0 saturated carbocycles. The number of fused-ring (bicyclic) bond motifs is 1. The van der Waals surface area contributed by atoms with Gasteiger partial charge in [-0.2, -0.15) is 0 Å². The number of nitrogens with zero attached hydrogens (tertiary/aromatic N) is 2. The predicted molar refractivity (Wildman–Crippen MR) is 137 cm³/mol. The second kappa shape index (κ2) is 15.1. The van der Waals surface area contributed by atoms with Crippen LogP contribution in [0.3, 0.4) is 0 Å². The van der Waals surface area contributed by atoms with Crippen LogP contribution in [0.1, 0.15) is 48.9 Å². The number of aryl methyl sites for hydroxylation is 2. The summed E-state index contributed by atoms with van der Waals surface area (Å²) < 4.78 is 30.8. The van der Waals surface area contributed by atoms with Crippen LogP contribution in [0.5, 0.6) is 0 Å². The van der Waals surface area contributed by atoms with E-state index >= 15 is 0 Å². The van der Waals surface area contributed by atoms with E-state index in [9.17, 15) is 23.5 Å². The topological polar surface area (TPSA) is 104 Å². The predicted octanol–water partition coefficient (Wildman–Crippen LogP) is 4.49. The van der Waals surface area contributed by atoms with Crippen LogP contribution < -0.4 is 10.6 Å². The standard InChI is InChI=1S/C27H36F2N4O4/c28-24(29)14-18-33(16-5-4-10-22-12-11-21-9-6-15-30-25(21)31-22)17-13-23(26(34)35)32-27(36)37-19-20-7-2-1-3-8-20/h1-3,7-8,11-12,23-24H,4-6,9-10,13-19H2,(H,30,31)(H,32,36)(H,34,35). The molecule has 3 N–H and O–H groups in total. The number of nitrogens with one attached hydrogen (secondary N) is 2. The van der Waals surface area contributed by atoms with Crippen molar-refractivity contribution in [1.82, 2.24) is 15.2 Å². The van der Waals surface area contributed by atoms with E-state index in [0.717, 1.165) is 55.7 Å². The molecule has 1 amide bonds. The van der Waals surface area contributed by atoms with E-state index in [1.54, 1.807) is 12.1 Å². The van der Waals surface area contributed by atoms with Gasteiger partial charge in [-0.05, 0) is 62.3 Å². The third-order valence-electron chi connectivity index (χ3n) is 6.31. The molecule has 0 saturated heterocycles. The Bertz CT molecular complexity index is 994. The van der Waals surface area contributed by atoms with Crippen molar-refractivity contribution in [2.75, 3.05) is 31.5 Å². The molecule has 1 aliphatic heterocycles. The number of aromatic nitrogens is 1. The zero-order valence-electron chi connectivity index (χ0n) is 21.0. The first-order chi connectivity index (χ1) is 17.9. The van der Waals surface area contributed by atoms with Gasteiger partial charge in [0.1, 0.15) is 18.5 Å². The molecule has 0 radical (unpaired) electrons. The molecule has 0 aliphatic carbocycles. The third-order valence-corrected chi connectivity index (χ3v) is 6.31. The fourth-order valence-corrected chi connectivity index (χ4v) is 4.24. The van der Waals surface area contributed by atoms with Crippen molar-refractivity contribution >= 4 is 17.9 Å². The number of aliphatic carboxylic acids is 1. The monoisotopic (exact) mass is 518 g/mol. The summed E-state index contributed by atoms with van der Waals surface area (Å²) >= 11 is 0. The Labute approximate surface area is 216 Å².